The van der Waals surface area contributed by atoms with Gasteiger partial charge in [0.1, 0.15) is 16.0 Å². The third-order valence-electron chi connectivity index (χ3n) is 5.65. The van der Waals surface area contributed by atoms with E-state index in [1.165, 1.54) is 6.07 Å². The fourth-order valence-electron chi connectivity index (χ4n) is 4.03. The molecule has 3 N–H and O–H groups in total. The molecule has 3 aromatic rings. The van der Waals surface area contributed by atoms with Crippen LogP contribution in [0.4, 0.5) is 10.1 Å². The van der Waals surface area contributed by atoms with E-state index in [-0.39, 0.29) is 22.2 Å². The van der Waals surface area contributed by atoms with E-state index in [2.05, 4.69) is 4.37 Å². The first-order valence-corrected chi connectivity index (χ1v) is 9.95. The van der Waals surface area contributed by atoms with Gasteiger partial charge in [-0.3, -0.25) is 14.0 Å². The Hall–Kier alpha value is -2.19. The monoisotopic (exact) mass is 390 g/mol. The Morgan fingerprint density at radius 3 is 2.74 bits per heavy atom. The van der Waals surface area contributed by atoms with Gasteiger partial charge in [-0.1, -0.05) is 0 Å². The van der Waals surface area contributed by atoms with Gasteiger partial charge in [-0.05, 0) is 56.8 Å². The van der Waals surface area contributed by atoms with Crippen LogP contribution >= 0.6 is 11.5 Å². The maximum absolute atomic E-state index is 14.9. The van der Waals surface area contributed by atoms with Crippen LogP contribution < -0.4 is 21.6 Å². The standard InChI is InChI=1S/C19H23FN4O2S/c1-4-24-13-8-14(23-6-5-10(9-23)19(2,3)21)12(20)7-11(13)16(25)15-17(26)22-27-18(15)24/h7-8,10H,4-6,9,21H2,1-3H3,(H,22,26). The largest absolute Gasteiger partial charge is 0.369 e. The summed E-state index contributed by atoms with van der Waals surface area (Å²) in [5.74, 6) is -0.165. The van der Waals surface area contributed by atoms with E-state index in [4.69, 9.17) is 5.73 Å². The van der Waals surface area contributed by atoms with Crippen molar-refractivity contribution in [2.75, 3.05) is 18.0 Å². The van der Waals surface area contributed by atoms with Gasteiger partial charge in [0.05, 0.1) is 11.2 Å². The average Bonchev–Trinajstić information content (AvgIpc) is 3.23. The second-order valence-corrected chi connectivity index (χ2v) is 8.66. The van der Waals surface area contributed by atoms with Crippen LogP contribution in [-0.4, -0.2) is 27.6 Å². The number of benzene rings is 1. The van der Waals surface area contributed by atoms with Crippen molar-refractivity contribution in [3.05, 3.63) is 38.5 Å². The molecule has 3 heterocycles. The van der Waals surface area contributed by atoms with Gasteiger partial charge in [0, 0.05) is 30.6 Å². The normalized spacial score (nSPS) is 18.1. The molecular weight excluding hydrogens is 367 g/mol. The molecule has 2 aromatic heterocycles. The number of pyridine rings is 1. The molecule has 1 aliphatic heterocycles. The average molecular weight is 390 g/mol. The van der Waals surface area contributed by atoms with Gasteiger partial charge in [-0.15, -0.1) is 0 Å². The minimum Gasteiger partial charge on any atom is -0.369 e. The van der Waals surface area contributed by atoms with E-state index in [0.717, 1.165) is 24.5 Å². The first kappa shape index (κ1) is 18.2. The molecular formula is C19H23FN4O2S. The Balaban J connectivity index is 1.93. The highest BCUT2D eigenvalue weighted by Crippen LogP contribution is 2.33. The summed E-state index contributed by atoms with van der Waals surface area (Å²) in [6.07, 6.45) is 0.903. The lowest BCUT2D eigenvalue weighted by atomic mass is 9.88. The van der Waals surface area contributed by atoms with Crippen molar-refractivity contribution in [3.8, 4) is 0 Å². The number of aromatic amines is 1. The van der Waals surface area contributed by atoms with Crippen molar-refractivity contribution in [1.29, 1.82) is 0 Å². The maximum Gasteiger partial charge on any atom is 0.271 e. The third-order valence-corrected chi connectivity index (χ3v) is 6.56. The number of nitrogens with two attached hydrogens (primary N) is 1. The van der Waals surface area contributed by atoms with Gasteiger partial charge in [-0.2, -0.15) is 0 Å². The van der Waals surface area contributed by atoms with Crippen LogP contribution in [0, 0.1) is 11.7 Å². The molecule has 0 radical (unpaired) electrons. The third kappa shape index (κ3) is 2.78. The van der Waals surface area contributed by atoms with Crippen LogP contribution in [0.5, 0.6) is 0 Å². The van der Waals surface area contributed by atoms with Crippen LogP contribution in [0.1, 0.15) is 27.2 Å². The Morgan fingerprint density at radius 1 is 1.37 bits per heavy atom. The fourth-order valence-corrected chi connectivity index (χ4v) is 4.94. The predicted molar refractivity (Wildman–Crippen MR) is 108 cm³/mol. The minimum absolute atomic E-state index is 0.104. The summed E-state index contributed by atoms with van der Waals surface area (Å²) in [4.78, 5) is 27.4. The Bertz CT molecular complexity index is 1150. The lowest BCUT2D eigenvalue weighted by Gasteiger charge is -2.27. The summed E-state index contributed by atoms with van der Waals surface area (Å²) in [7, 11) is 0. The number of hydrogen-bond donors (Lipinski definition) is 2. The summed E-state index contributed by atoms with van der Waals surface area (Å²) in [6, 6.07) is 3.02. The van der Waals surface area contributed by atoms with Crippen LogP contribution in [0.3, 0.4) is 0 Å². The second kappa shape index (κ2) is 6.17. The summed E-state index contributed by atoms with van der Waals surface area (Å²) < 4.78 is 19.5. The smallest absolute Gasteiger partial charge is 0.271 e. The van der Waals surface area contributed by atoms with E-state index in [0.29, 0.717) is 29.1 Å². The molecule has 8 heteroatoms. The highest BCUT2D eigenvalue weighted by atomic mass is 32.1. The van der Waals surface area contributed by atoms with E-state index in [9.17, 15) is 14.0 Å². The highest BCUT2D eigenvalue weighted by Gasteiger charge is 2.33. The summed E-state index contributed by atoms with van der Waals surface area (Å²) >= 11 is 1.14. The number of aryl methyl sites for hydroxylation is 1. The molecule has 0 bridgehead atoms. The zero-order valence-electron chi connectivity index (χ0n) is 15.6. The van der Waals surface area contributed by atoms with Crippen molar-refractivity contribution in [1.82, 2.24) is 8.94 Å². The van der Waals surface area contributed by atoms with Crippen molar-refractivity contribution in [3.63, 3.8) is 0 Å². The van der Waals surface area contributed by atoms with E-state index in [1.807, 2.05) is 30.2 Å². The molecule has 0 amide bonds. The minimum atomic E-state index is -0.441. The first-order chi connectivity index (χ1) is 12.7. The molecule has 6 nitrogen and oxygen atoms in total. The number of halogens is 1. The van der Waals surface area contributed by atoms with Crippen molar-refractivity contribution in [2.45, 2.75) is 39.3 Å². The zero-order chi connectivity index (χ0) is 19.5. The van der Waals surface area contributed by atoms with Crippen molar-refractivity contribution >= 4 is 38.3 Å². The molecule has 27 heavy (non-hydrogen) atoms. The molecule has 1 saturated heterocycles. The van der Waals surface area contributed by atoms with Gasteiger partial charge >= 0.3 is 0 Å². The van der Waals surface area contributed by atoms with Crippen LogP contribution in [0.15, 0.2) is 21.7 Å². The lowest BCUT2D eigenvalue weighted by Crippen LogP contribution is -2.42. The molecule has 144 valence electrons. The highest BCUT2D eigenvalue weighted by molar-refractivity contribution is 7.12. The number of rotatable bonds is 3. The number of fused-ring (bicyclic) bond motifs is 2. The SMILES string of the molecule is CCn1c2cc(N3CCC(C(C)(C)N)C3)c(F)cc2c(=O)c2c(=O)[nH]sc21. The molecule has 4 rings (SSSR count). The van der Waals surface area contributed by atoms with Gasteiger partial charge < -0.3 is 15.2 Å². The number of nitrogens with one attached hydrogen (secondary N) is 1. The predicted octanol–water partition coefficient (Wildman–Crippen LogP) is 2.63. The number of nitrogens with zero attached hydrogens (tertiary/aromatic N) is 2. The van der Waals surface area contributed by atoms with E-state index < -0.39 is 16.8 Å². The van der Waals surface area contributed by atoms with Gasteiger partial charge in [-0.25, -0.2) is 4.39 Å². The summed E-state index contributed by atoms with van der Waals surface area (Å²) in [6.45, 7) is 7.92. The van der Waals surface area contributed by atoms with E-state index in [1.54, 1.807) is 6.07 Å². The summed E-state index contributed by atoms with van der Waals surface area (Å²) in [5, 5.41) is 0.344. The second-order valence-electron chi connectivity index (χ2n) is 7.86. The Morgan fingerprint density at radius 2 is 2.11 bits per heavy atom. The Kier molecular flexibility index (Phi) is 4.16. The topological polar surface area (TPSA) is 84.1 Å². The number of aromatic nitrogens is 2. The van der Waals surface area contributed by atoms with Crippen LogP contribution in [-0.2, 0) is 6.54 Å². The number of H-pyrrole nitrogens is 1. The van der Waals surface area contributed by atoms with Crippen molar-refractivity contribution < 1.29 is 4.39 Å². The van der Waals surface area contributed by atoms with Crippen LogP contribution in [0.2, 0.25) is 0 Å². The molecule has 1 unspecified atom stereocenters. The molecule has 1 fully saturated rings. The number of hydrogen-bond acceptors (Lipinski definition) is 5. The molecule has 1 atom stereocenters. The fraction of sp³-hybridized carbons (Fsp3) is 0.474. The van der Waals surface area contributed by atoms with Crippen molar-refractivity contribution in [2.24, 2.45) is 11.7 Å². The number of anilines is 1. The van der Waals surface area contributed by atoms with Gasteiger partial charge in [0.25, 0.3) is 5.56 Å². The summed E-state index contributed by atoms with van der Waals surface area (Å²) in [5.41, 5.74) is 6.22. The van der Waals surface area contributed by atoms with Crippen LogP contribution in [0.25, 0.3) is 21.1 Å². The first-order valence-electron chi connectivity index (χ1n) is 9.13. The quantitative estimate of drug-likeness (QED) is 0.720. The molecule has 0 aliphatic carbocycles. The molecule has 0 spiro atoms. The molecule has 1 aromatic carbocycles. The molecule has 0 saturated carbocycles. The zero-order valence-corrected chi connectivity index (χ0v) is 16.5. The molecule has 1 aliphatic rings. The lowest BCUT2D eigenvalue weighted by molar-refractivity contribution is 0.348. The Labute approximate surface area is 159 Å². The van der Waals surface area contributed by atoms with E-state index >= 15 is 0 Å². The van der Waals surface area contributed by atoms with Gasteiger partial charge in [0.2, 0.25) is 5.43 Å². The van der Waals surface area contributed by atoms with Gasteiger partial charge in [0.15, 0.2) is 0 Å². The maximum atomic E-state index is 14.9.